The van der Waals surface area contributed by atoms with E-state index in [1.807, 2.05) is 56.3 Å². The van der Waals surface area contributed by atoms with Crippen molar-refractivity contribution < 1.29 is 37.0 Å². The van der Waals surface area contributed by atoms with Gasteiger partial charge in [-0.05, 0) is 96.6 Å². The molecule has 0 unspecified atom stereocenters. The second-order valence-corrected chi connectivity index (χ2v) is 14.4. The summed E-state index contributed by atoms with van der Waals surface area (Å²) in [5.41, 5.74) is 0.911. The van der Waals surface area contributed by atoms with Gasteiger partial charge in [-0.2, -0.15) is 28.1 Å². The van der Waals surface area contributed by atoms with Crippen LogP contribution >= 0.6 is 11.6 Å². The van der Waals surface area contributed by atoms with Gasteiger partial charge in [0, 0.05) is 35.1 Å². The number of nitrogens with zero attached hydrogens (tertiary/aromatic N) is 3. The third-order valence-electron chi connectivity index (χ3n) is 8.63. The molecule has 0 aliphatic heterocycles. The van der Waals surface area contributed by atoms with E-state index in [2.05, 4.69) is 41.5 Å². The van der Waals surface area contributed by atoms with E-state index in [4.69, 9.17) is 21.1 Å². The molecule has 3 amide bonds. The van der Waals surface area contributed by atoms with Crippen LogP contribution in [0.3, 0.4) is 0 Å². The zero-order valence-corrected chi connectivity index (χ0v) is 31.5. The first kappa shape index (κ1) is 40.2. The first-order chi connectivity index (χ1) is 27.1. The van der Waals surface area contributed by atoms with E-state index in [9.17, 15) is 27.6 Å². The van der Waals surface area contributed by atoms with Gasteiger partial charge in [0.2, 0.25) is 11.9 Å². The van der Waals surface area contributed by atoms with Crippen LogP contribution in [0.2, 0.25) is 5.02 Å². The van der Waals surface area contributed by atoms with Gasteiger partial charge in [-0.15, -0.1) is 0 Å². The van der Waals surface area contributed by atoms with Crippen LogP contribution in [0.4, 0.5) is 36.4 Å². The maximum Gasteiger partial charge on any atom is 0.422 e. The fourth-order valence-electron chi connectivity index (χ4n) is 5.41. The van der Waals surface area contributed by atoms with Crippen molar-refractivity contribution in [2.24, 2.45) is 5.41 Å². The van der Waals surface area contributed by atoms with E-state index in [-0.39, 0.29) is 25.0 Å². The van der Waals surface area contributed by atoms with E-state index in [1.54, 1.807) is 48.5 Å². The quantitative estimate of drug-likeness (QED) is 0.0665. The minimum atomic E-state index is -4.61. The second-order valence-electron chi connectivity index (χ2n) is 14.0. The number of nitrogens with one attached hydrogen (secondary N) is 5. The van der Waals surface area contributed by atoms with Gasteiger partial charge in [-0.1, -0.05) is 55.8 Å². The number of anilines is 4. The highest BCUT2D eigenvalue weighted by Gasteiger charge is 2.45. The number of para-hydroxylation sites is 1. The fraction of sp³-hybridized carbons (Fsp3) is 0.250. The number of carbonyl (C=O) groups is 3. The van der Waals surface area contributed by atoms with Crippen LogP contribution in [0, 0.1) is 5.41 Å². The molecule has 0 radical (unpaired) electrons. The van der Waals surface area contributed by atoms with Crippen LogP contribution in [0.1, 0.15) is 42.6 Å². The van der Waals surface area contributed by atoms with E-state index in [0.29, 0.717) is 33.5 Å². The topological polar surface area (TPSA) is 168 Å². The van der Waals surface area contributed by atoms with Gasteiger partial charge in [-0.25, -0.2) is 0 Å². The molecule has 1 aliphatic rings. The molecular weight excluding hydrogens is 765 g/mol. The van der Waals surface area contributed by atoms with Crippen LogP contribution in [-0.2, 0) is 15.1 Å². The summed E-state index contributed by atoms with van der Waals surface area (Å²) in [4.78, 5) is 50.5. The summed E-state index contributed by atoms with van der Waals surface area (Å²) in [5, 5.41) is 14.7. The van der Waals surface area contributed by atoms with Crippen molar-refractivity contribution in [2.75, 3.05) is 35.6 Å². The Hall–Kier alpha value is -6.42. The summed E-state index contributed by atoms with van der Waals surface area (Å²) in [7, 11) is 0. The largest absolute Gasteiger partial charge is 0.457 e. The van der Waals surface area contributed by atoms with E-state index < -0.39 is 47.5 Å². The number of aromatic nitrogens is 3. The molecule has 5 N–H and O–H groups in total. The van der Waals surface area contributed by atoms with Crippen LogP contribution < -0.4 is 36.1 Å². The highest BCUT2D eigenvalue weighted by molar-refractivity contribution is 6.39. The number of alkyl halides is 3. The Kier molecular flexibility index (Phi) is 12.1. The van der Waals surface area contributed by atoms with Gasteiger partial charge in [0.1, 0.15) is 11.5 Å². The third kappa shape index (κ3) is 11.8. The van der Waals surface area contributed by atoms with Crippen molar-refractivity contribution in [2.45, 2.75) is 38.4 Å². The monoisotopic (exact) mass is 802 g/mol. The highest BCUT2D eigenvalue weighted by Crippen LogP contribution is 2.48. The first-order valence-electron chi connectivity index (χ1n) is 17.7. The van der Waals surface area contributed by atoms with E-state index in [0.717, 1.165) is 18.4 Å². The maximum absolute atomic E-state index is 13.0. The molecule has 296 valence electrons. The standard InChI is InChI=1S/C40H38ClF3N8O5/c1-38(2,23-46-33(54)34(55)47-28-16-18-31(19-17-28)57-30-6-4-3-5-7-30)22-45-32(53)25-8-14-29(15-9-25)48-35-49-36(51-37(50-35)56-24-40(42,43)44)52-39(20-21-39)26-10-12-27(41)13-11-26/h3-19H,20-24H2,1-2H3,(H,45,53)(H,46,54)(H,47,55)(H2,48,49,50,51,52). The molecule has 0 bridgehead atoms. The predicted octanol–water partition coefficient (Wildman–Crippen LogP) is 7.61. The summed E-state index contributed by atoms with van der Waals surface area (Å²) in [6, 6.07) is 28.7. The molecule has 1 heterocycles. The van der Waals surface area contributed by atoms with Gasteiger partial charge in [0.25, 0.3) is 5.91 Å². The Morgan fingerprint density at radius 2 is 1.35 bits per heavy atom. The molecule has 0 spiro atoms. The molecule has 17 heteroatoms. The third-order valence-corrected chi connectivity index (χ3v) is 8.89. The molecule has 0 saturated heterocycles. The summed E-state index contributed by atoms with van der Waals surface area (Å²) in [6.45, 7) is 2.28. The molecule has 13 nitrogen and oxygen atoms in total. The summed E-state index contributed by atoms with van der Waals surface area (Å²) in [5.74, 6) is -0.935. The Labute approximate surface area is 330 Å². The van der Waals surface area contributed by atoms with Crippen molar-refractivity contribution in [1.82, 2.24) is 25.6 Å². The lowest BCUT2D eigenvalue weighted by atomic mass is 9.93. The smallest absolute Gasteiger partial charge is 0.422 e. The molecule has 1 fully saturated rings. The van der Waals surface area contributed by atoms with Crippen LogP contribution in [0.15, 0.2) is 103 Å². The van der Waals surface area contributed by atoms with E-state index >= 15 is 0 Å². The number of benzene rings is 4. The molecule has 1 aliphatic carbocycles. The molecule has 1 saturated carbocycles. The SMILES string of the molecule is CC(C)(CNC(=O)C(=O)Nc1ccc(Oc2ccccc2)cc1)CNC(=O)c1ccc(Nc2nc(NC3(c4ccc(Cl)cc4)CC3)nc(OCC(F)(F)F)n2)cc1. The first-order valence-corrected chi connectivity index (χ1v) is 18.1. The van der Waals surface area contributed by atoms with Gasteiger partial charge < -0.3 is 36.1 Å². The molecule has 6 rings (SSSR count). The van der Waals surface area contributed by atoms with Crippen LogP contribution in [-0.4, -0.2) is 58.5 Å². The number of hydrogen-bond donors (Lipinski definition) is 5. The number of halogens is 4. The number of hydrogen-bond acceptors (Lipinski definition) is 10. The average Bonchev–Trinajstić information content (AvgIpc) is 3.97. The van der Waals surface area contributed by atoms with Gasteiger partial charge in [0.15, 0.2) is 6.61 Å². The molecular formula is C40H38ClF3N8O5. The van der Waals surface area contributed by atoms with Crippen molar-refractivity contribution in [3.05, 3.63) is 119 Å². The van der Waals surface area contributed by atoms with Crippen molar-refractivity contribution in [3.8, 4) is 17.5 Å². The zero-order chi connectivity index (χ0) is 40.6. The minimum Gasteiger partial charge on any atom is -0.457 e. The normalized spacial score (nSPS) is 13.2. The number of rotatable bonds is 15. The van der Waals surface area contributed by atoms with E-state index in [1.165, 1.54) is 12.1 Å². The average molecular weight is 803 g/mol. The van der Waals surface area contributed by atoms with Gasteiger partial charge >= 0.3 is 24.0 Å². The Morgan fingerprint density at radius 3 is 2.00 bits per heavy atom. The molecule has 5 aromatic rings. The number of carbonyl (C=O) groups excluding carboxylic acids is 3. The summed E-state index contributed by atoms with van der Waals surface area (Å²) >= 11 is 6.04. The minimum absolute atomic E-state index is 0.00698. The Balaban J connectivity index is 0.996. The Bertz CT molecular complexity index is 2190. The van der Waals surface area contributed by atoms with Crippen LogP contribution in [0.5, 0.6) is 17.5 Å². The maximum atomic E-state index is 13.0. The molecule has 57 heavy (non-hydrogen) atoms. The van der Waals surface area contributed by atoms with Crippen LogP contribution in [0.25, 0.3) is 0 Å². The summed E-state index contributed by atoms with van der Waals surface area (Å²) < 4.78 is 49.5. The number of amides is 3. The molecule has 4 aromatic carbocycles. The highest BCUT2D eigenvalue weighted by atomic mass is 35.5. The van der Waals surface area contributed by atoms with Crippen molar-refractivity contribution >= 4 is 52.6 Å². The molecule has 0 atom stereocenters. The Morgan fingerprint density at radius 1 is 0.737 bits per heavy atom. The fourth-order valence-corrected chi connectivity index (χ4v) is 5.54. The second kappa shape index (κ2) is 17.2. The lowest BCUT2D eigenvalue weighted by Gasteiger charge is -2.25. The predicted molar refractivity (Wildman–Crippen MR) is 208 cm³/mol. The van der Waals surface area contributed by atoms with Crippen molar-refractivity contribution in [3.63, 3.8) is 0 Å². The van der Waals surface area contributed by atoms with Gasteiger partial charge in [-0.3, -0.25) is 14.4 Å². The summed E-state index contributed by atoms with van der Waals surface area (Å²) in [6.07, 6.45) is -3.15. The lowest BCUT2D eigenvalue weighted by Crippen LogP contribution is -2.44. The number of ether oxygens (including phenoxy) is 2. The van der Waals surface area contributed by atoms with Gasteiger partial charge in [0.05, 0.1) is 5.54 Å². The molecule has 1 aromatic heterocycles. The van der Waals surface area contributed by atoms with Crippen molar-refractivity contribution in [1.29, 1.82) is 0 Å². The zero-order valence-electron chi connectivity index (χ0n) is 30.7. The lowest BCUT2D eigenvalue weighted by molar-refractivity contribution is -0.154.